The first-order valence-corrected chi connectivity index (χ1v) is 17.7. The lowest BCUT2D eigenvalue weighted by atomic mass is 9.88. The zero-order valence-electron chi connectivity index (χ0n) is 28.0. The second kappa shape index (κ2) is 11.3. The van der Waals surface area contributed by atoms with Crippen LogP contribution in [0, 0.1) is 0 Å². The lowest BCUT2D eigenvalue weighted by Crippen LogP contribution is -2.04. The number of hydrogen-bond acceptors (Lipinski definition) is 5. The van der Waals surface area contributed by atoms with E-state index in [1.165, 1.54) is 21.9 Å². The van der Waals surface area contributed by atoms with Crippen LogP contribution < -0.4 is 0 Å². The van der Waals surface area contributed by atoms with Crippen molar-refractivity contribution in [1.82, 2.24) is 15.0 Å². The third kappa shape index (κ3) is 4.39. The molecule has 3 heterocycles. The van der Waals surface area contributed by atoms with Gasteiger partial charge >= 0.3 is 0 Å². The Hall–Kier alpha value is -6.85. The van der Waals surface area contributed by atoms with Crippen LogP contribution in [0.4, 0.5) is 0 Å². The summed E-state index contributed by atoms with van der Waals surface area (Å²) >= 11 is 0. The minimum absolute atomic E-state index is 0.593. The Labute approximate surface area is 298 Å². The van der Waals surface area contributed by atoms with Gasteiger partial charge < -0.3 is 8.83 Å². The Morgan fingerprint density at radius 3 is 1.96 bits per heavy atom. The van der Waals surface area contributed by atoms with E-state index in [1.807, 2.05) is 54.6 Å². The van der Waals surface area contributed by atoms with E-state index in [2.05, 4.69) is 97.1 Å². The molecule has 52 heavy (non-hydrogen) atoms. The van der Waals surface area contributed by atoms with Crippen molar-refractivity contribution in [3.8, 4) is 45.3 Å². The number of furan rings is 2. The topological polar surface area (TPSA) is 65.0 Å². The largest absolute Gasteiger partial charge is 0.456 e. The Morgan fingerprint density at radius 1 is 0.462 bits per heavy atom. The molecule has 11 rings (SSSR count). The molecule has 0 unspecified atom stereocenters. The highest BCUT2D eigenvalue weighted by Crippen LogP contribution is 2.44. The number of para-hydroxylation sites is 2. The van der Waals surface area contributed by atoms with Gasteiger partial charge in [0.1, 0.15) is 22.3 Å². The van der Waals surface area contributed by atoms with Gasteiger partial charge in [-0.25, -0.2) is 15.0 Å². The van der Waals surface area contributed by atoms with Gasteiger partial charge in [-0.2, -0.15) is 0 Å². The summed E-state index contributed by atoms with van der Waals surface area (Å²) in [6, 6.07) is 47.9. The monoisotopic (exact) mass is 667 g/mol. The number of allylic oxidation sites excluding steroid dienone is 1. The van der Waals surface area contributed by atoms with E-state index in [9.17, 15) is 0 Å². The minimum Gasteiger partial charge on any atom is -0.456 e. The summed E-state index contributed by atoms with van der Waals surface area (Å²) in [5.41, 5.74) is 10.6. The van der Waals surface area contributed by atoms with Gasteiger partial charge in [-0.1, -0.05) is 127 Å². The third-order valence-corrected chi connectivity index (χ3v) is 10.4. The lowest BCUT2D eigenvalue weighted by Gasteiger charge is -2.18. The number of benzene rings is 7. The van der Waals surface area contributed by atoms with E-state index >= 15 is 0 Å². The molecule has 10 aromatic rings. The van der Waals surface area contributed by atoms with E-state index < -0.39 is 0 Å². The highest BCUT2D eigenvalue weighted by Gasteiger charge is 2.23. The number of fused-ring (bicyclic) bond motifs is 9. The average Bonchev–Trinajstić information content (AvgIpc) is 3.80. The number of aromatic nitrogens is 3. The van der Waals surface area contributed by atoms with E-state index in [-0.39, 0.29) is 0 Å². The second-order valence-corrected chi connectivity index (χ2v) is 13.4. The van der Waals surface area contributed by atoms with Gasteiger partial charge in [0.15, 0.2) is 17.5 Å². The molecule has 0 spiro atoms. The fourth-order valence-corrected chi connectivity index (χ4v) is 8.08. The molecule has 0 radical (unpaired) electrons. The summed E-state index contributed by atoms with van der Waals surface area (Å²) in [7, 11) is 0. The van der Waals surface area contributed by atoms with Crippen molar-refractivity contribution < 1.29 is 8.83 Å². The number of aryl methyl sites for hydroxylation is 1. The van der Waals surface area contributed by atoms with Crippen molar-refractivity contribution in [2.75, 3.05) is 0 Å². The predicted molar refractivity (Wildman–Crippen MR) is 211 cm³/mol. The van der Waals surface area contributed by atoms with Crippen LogP contribution in [-0.2, 0) is 6.42 Å². The zero-order valence-corrected chi connectivity index (χ0v) is 28.0. The Morgan fingerprint density at radius 2 is 1.10 bits per heavy atom. The van der Waals surface area contributed by atoms with Gasteiger partial charge in [0.05, 0.1) is 0 Å². The predicted octanol–water partition coefficient (Wildman–Crippen LogP) is 12.5. The molecular weight excluding hydrogens is 639 g/mol. The van der Waals surface area contributed by atoms with E-state index in [4.69, 9.17) is 23.8 Å². The van der Waals surface area contributed by atoms with Gasteiger partial charge in [-0.15, -0.1) is 0 Å². The van der Waals surface area contributed by atoms with Crippen molar-refractivity contribution >= 4 is 60.7 Å². The molecule has 7 aromatic carbocycles. The lowest BCUT2D eigenvalue weighted by molar-refractivity contribution is 0.668. The molecular formula is C47H29N3O2. The van der Waals surface area contributed by atoms with Crippen molar-refractivity contribution in [2.24, 2.45) is 0 Å². The van der Waals surface area contributed by atoms with Crippen LogP contribution in [0.15, 0.2) is 154 Å². The van der Waals surface area contributed by atoms with Gasteiger partial charge in [0.2, 0.25) is 0 Å². The smallest absolute Gasteiger partial charge is 0.164 e. The SMILES string of the molecule is C1=Cc2c(-c3nc(-c4ccccc4)nc(-c4cccc5oc6cccc(-c7cccc8c7oc7ccccc78)c6c45)n3)cc3ccccc3c2CC1. The van der Waals surface area contributed by atoms with E-state index in [0.29, 0.717) is 17.5 Å². The third-order valence-electron chi connectivity index (χ3n) is 10.4. The van der Waals surface area contributed by atoms with Crippen LogP contribution in [-0.4, -0.2) is 15.0 Å². The molecule has 1 aliphatic carbocycles. The normalized spacial score (nSPS) is 12.8. The van der Waals surface area contributed by atoms with Crippen molar-refractivity contribution in [2.45, 2.75) is 12.8 Å². The minimum atomic E-state index is 0.593. The van der Waals surface area contributed by atoms with Crippen molar-refractivity contribution in [3.63, 3.8) is 0 Å². The molecule has 0 saturated heterocycles. The summed E-state index contributed by atoms with van der Waals surface area (Å²) in [5.74, 6) is 1.87. The number of hydrogen-bond donors (Lipinski definition) is 0. The average molecular weight is 668 g/mol. The van der Waals surface area contributed by atoms with Crippen LogP contribution >= 0.6 is 0 Å². The van der Waals surface area contributed by atoms with Crippen molar-refractivity contribution in [1.29, 1.82) is 0 Å². The van der Waals surface area contributed by atoms with E-state index in [0.717, 1.165) is 84.5 Å². The molecule has 5 nitrogen and oxygen atoms in total. The number of rotatable bonds is 4. The number of nitrogens with zero attached hydrogens (tertiary/aromatic N) is 3. The maximum atomic E-state index is 6.59. The summed E-state index contributed by atoms with van der Waals surface area (Å²) < 4.78 is 13.1. The van der Waals surface area contributed by atoms with Crippen LogP contribution in [0.2, 0.25) is 0 Å². The Kier molecular flexibility index (Phi) is 6.31. The molecule has 0 aliphatic heterocycles. The fourth-order valence-electron chi connectivity index (χ4n) is 8.08. The second-order valence-electron chi connectivity index (χ2n) is 13.4. The van der Waals surface area contributed by atoms with Crippen LogP contribution in [0.1, 0.15) is 17.5 Å². The molecule has 5 heteroatoms. The van der Waals surface area contributed by atoms with Crippen LogP contribution in [0.5, 0.6) is 0 Å². The summed E-state index contributed by atoms with van der Waals surface area (Å²) in [6.07, 6.45) is 6.48. The van der Waals surface area contributed by atoms with E-state index in [1.54, 1.807) is 0 Å². The molecule has 0 bridgehead atoms. The molecule has 3 aromatic heterocycles. The Balaban J connectivity index is 1.20. The Bertz CT molecular complexity index is 3080. The maximum absolute atomic E-state index is 6.59. The van der Waals surface area contributed by atoms with Gasteiger partial charge in [0.25, 0.3) is 0 Å². The summed E-state index contributed by atoms with van der Waals surface area (Å²) in [5, 5.41) is 6.60. The first-order valence-electron chi connectivity index (χ1n) is 17.7. The first-order chi connectivity index (χ1) is 25.8. The molecule has 0 fully saturated rings. The maximum Gasteiger partial charge on any atom is 0.164 e. The molecule has 244 valence electrons. The highest BCUT2D eigenvalue weighted by atomic mass is 16.3. The van der Waals surface area contributed by atoms with Crippen molar-refractivity contribution in [3.05, 3.63) is 157 Å². The van der Waals surface area contributed by atoms with Gasteiger partial charge in [-0.05, 0) is 64.6 Å². The molecule has 0 amide bonds. The molecule has 0 saturated carbocycles. The van der Waals surface area contributed by atoms with Gasteiger partial charge in [-0.3, -0.25) is 0 Å². The summed E-state index contributed by atoms with van der Waals surface area (Å²) in [6.45, 7) is 0. The van der Waals surface area contributed by atoms with Gasteiger partial charge in [0, 0.05) is 43.8 Å². The first kappa shape index (κ1) is 28.9. The molecule has 0 atom stereocenters. The summed E-state index contributed by atoms with van der Waals surface area (Å²) in [4.78, 5) is 15.7. The standard InChI is InChI=1S/C47H29N3O2/c1-2-13-28(14-3-1)45-48-46(50-47(49-45)38-27-29-15-4-5-16-30(29)31-17-6-7-18-32(31)38)37-23-12-26-41-43(37)42-34(20-11-25-40(42)51-41)36-22-10-21-35-33-19-8-9-24-39(33)52-44(35)36/h1-5,7-16,18-27H,6,17H2. The van der Waals surface area contributed by atoms with Crippen LogP contribution in [0.25, 0.3) is 106 Å². The highest BCUT2D eigenvalue weighted by molar-refractivity contribution is 6.20. The fraction of sp³-hybridized carbons (Fsp3) is 0.0426. The quantitative estimate of drug-likeness (QED) is 0.187. The molecule has 1 aliphatic rings. The van der Waals surface area contributed by atoms with Crippen LogP contribution in [0.3, 0.4) is 0 Å². The zero-order chi connectivity index (χ0) is 34.2. The molecule has 0 N–H and O–H groups in total.